The van der Waals surface area contributed by atoms with Crippen LogP contribution in [0.5, 0.6) is 0 Å². The number of amides is 1. The van der Waals surface area contributed by atoms with E-state index >= 15 is 0 Å². The molecule has 3 nitrogen and oxygen atoms in total. The van der Waals surface area contributed by atoms with Crippen molar-refractivity contribution in [3.63, 3.8) is 0 Å². The van der Waals surface area contributed by atoms with E-state index in [2.05, 4.69) is 17.9 Å². The lowest BCUT2D eigenvalue weighted by molar-refractivity contribution is -0.134. The van der Waals surface area contributed by atoms with E-state index in [4.69, 9.17) is 11.6 Å². The summed E-state index contributed by atoms with van der Waals surface area (Å²) < 4.78 is 14.1. The summed E-state index contributed by atoms with van der Waals surface area (Å²) >= 11 is 6.29. The summed E-state index contributed by atoms with van der Waals surface area (Å²) in [6.07, 6.45) is 9.20. The van der Waals surface area contributed by atoms with Gasteiger partial charge in [0.2, 0.25) is 5.91 Å². The molecule has 1 heterocycles. The van der Waals surface area contributed by atoms with Crippen LogP contribution in [0.1, 0.15) is 67.2 Å². The Kier molecular flexibility index (Phi) is 6.19. The number of aryl methyl sites for hydroxylation is 2. The van der Waals surface area contributed by atoms with Gasteiger partial charge in [0.15, 0.2) is 0 Å². The Labute approximate surface area is 206 Å². The summed E-state index contributed by atoms with van der Waals surface area (Å²) in [7, 11) is 0. The van der Waals surface area contributed by atoms with E-state index in [1.165, 1.54) is 18.9 Å². The summed E-state index contributed by atoms with van der Waals surface area (Å²) in [4.78, 5) is 15.3. The van der Waals surface area contributed by atoms with Crippen molar-refractivity contribution in [2.75, 3.05) is 13.1 Å². The van der Waals surface area contributed by atoms with Gasteiger partial charge in [0.05, 0.1) is 10.6 Å². The number of benzene rings is 2. The third-order valence-corrected chi connectivity index (χ3v) is 9.25. The highest BCUT2D eigenvalue weighted by atomic mass is 35.5. The van der Waals surface area contributed by atoms with Crippen LogP contribution >= 0.6 is 11.6 Å². The average Bonchev–Trinajstić information content (AvgIpc) is 3.21. The zero-order valence-electron chi connectivity index (χ0n) is 19.9. The second-order valence-corrected chi connectivity index (χ2v) is 11.3. The minimum atomic E-state index is -0.186. The Bertz CT molecular complexity index is 1150. The van der Waals surface area contributed by atoms with E-state index in [-0.39, 0.29) is 22.6 Å². The minimum absolute atomic E-state index is 0.0522. The fourth-order valence-electron chi connectivity index (χ4n) is 6.75. The van der Waals surface area contributed by atoms with E-state index in [0.717, 1.165) is 74.7 Å². The molecule has 0 N–H and O–H groups in total. The highest BCUT2D eigenvalue weighted by Gasteiger charge is 2.68. The predicted molar refractivity (Wildman–Crippen MR) is 132 cm³/mol. The Morgan fingerprint density at radius 1 is 1.24 bits per heavy atom. The SMILES string of the molecule is Cc1ccc(F)cc1CC1(CCc2ccc(C#N)c(Cl)c2)C[C@]12CCN(C(=O)C1CCCC1)C2. The molecule has 3 fully saturated rings. The van der Waals surface area contributed by atoms with Gasteiger partial charge < -0.3 is 4.90 Å². The Balaban J connectivity index is 1.37. The third kappa shape index (κ3) is 4.24. The quantitative estimate of drug-likeness (QED) is 0.467. The monoisotopic (exact) mass is 478 g/mol. The first kappa shape index (κ1) is 23.4. The number of nitriles is 1. The predicted octanol–water partition coefficient (Wildman–Crippen LogP) is 6.63. The molecule has 2 atom stereocenters. The van der Waals surface area contributed by atoms with E-state index in [1.54, 1.807) is 12.1 Å². The number of likely N-dealkylation sites (tertiary alicyclic amines) is 1. The lowest BCUT2D eigenvalue weighted by Gasteiger charge is -2.25. The van der Waals surface area contributed by atoms with Crippen LogP contribution in [-0.2, 0) is 17.6 Å². The smallest absolute Gasteiger partial charge is 0.225 e. The Morgan fingerprint density at radius 2 is 2.03 bits per heavy atom. The molecule has 2 aromatic carbocycles. The molecular formula is C29H32ClFN2O. The molecule has 2 saturated carbocycles. The van der Waals surface area contributed by atoms with Crippen LogP contribution in [0, 0.1) is 40.8 Å². The molecule has 0 aromatic heterocycles. The summed E-state index contributed by atoms with van der Waals surface area (Å²) in [5.74, 6) is 0.388. The molecule has 1 amide bonds. The Morgan fingerprint density at radius 3 is 2.76 bits per heavy atom. The van der Waals surface area contributed by atoms with E-state index in [9.17, 15) is 14.4 Å². The van der Waals surface area contributed by atoms with Crippen molar-refractivity contribution in [2.24, 2.45) is 16.7 Å². The van der Waals surface area contributed by atoms with Crippen molar-refractivity contribution >= 4 is 17.5 Å². The molecule has 5 rings (SSSR count). The van der Waals surface area contributed by atoms with Gasteiger partial charge in [-0.1, -0.05) is 36.6 Å². The molecule has 3 aliphatic rings. The van der Waals surface area contributed by atoms with Gasteiger partial charge in [-0.25, -0.2) is 4.39 Å². The number of carbonyl (C=O) groups excluding carboxylic acids is 1. The molecule has 0 bridgehead atoms. The fraction of sp³-hybridized carbons (Fsp3) is 0.517. The molecule has 1 spiro atoms. The van der Waals surface area contributed by atoms with E-state index in [0.29, 0.717) is 16.5 Å². The highest BCUT2D eigenvalue weighted by molar-refractivity contribution is 6.31. The molecule has 1 unspecified atom stereocenters. The second kappa shape index (κ2) is 9.00. The molecule has 5 heteroatoms. The summed E-state index contributed by atoms with van der Waals surface area (Å²) in [6.45, 7) is 3.75. The number of nitrogens with zero attached hydrogens (tertiary/aromatic N) is 2. The van der Waals surface area contributed by atoms with Crippen molar-refractivity contribution in [3.8, 4) is 6.07 Å². The van der Waals surface area contributed by atoms with Gasteiger partial charge in [0, 0.05) is 19.0 Å². The van der Waals surface area contributed by atoms with Crippen LogP contribution in [0.25, 0.3) is 0 Å². The maximum Gasteiger partial charge on any atom is 0.225 e. The minimum Gasteiger partial charge on any atom is -0.342 e. The Hall–Kier alpha value is -2.38. The zero-order valence-corrected chi connectivity index (χ0v) is 20.6. The van der Waals surface area contributed by atoms with Gasteiger partial charge in [0.25, 0.3) is 0 Å². The third-order valence-electron chi connectivity index (χ3n) is 8.93. The van der Waals surface area contributed by atoms with Crippen LogP contribution in [0.4, 0.5) is 4.39 Å². The fourth-order valence-corrected chi connectivity index (χ4v) is 6.99. The normalized spacial score (nSPS) is 26.2. The maximum atomic E-state index is 14.1. The second-order valence-electron chi connectivity index (χ2n) is 10.9. The first-order valence-corrected chi connectivity index (χ1v) is 12.9. The van der Waals surface area contributed by atoms with Crippen LogP contribution in [-0.4, -0.2) is 23.9 Å². The van der Waals surface area contributed by atoms with E-state index in [1.807, 2.05) is 18.2 Å². The summed E-state index contributed by atoms with van der Waals surface area (Å²) in [6, 6.07) is 12.9. The summed E-state index contributed by atoms with van der Waals surface area (Å²) in [5.41, 5.74) is 4.00. The van der Waals surface area contributed by atoms with Crippen LogP contribution in [0.3, 0.4) is 0 Å². The number of carbonyl (C=O) groups is 1. The lowest BCUT2D eigenvalue weighted by atomic mass is 9.81. The van der Waals surface area contributed by atoms with E-state index < -0.39 is 0 Å². The zero-order chi connectivity index (χ0) is 23.9. The van der Waals surface area contributed by atoms with Gasteiger partial charge in [-0.3, -0.25) is 4.79 Å². The molecule has 2 aliphatic carbocycles. The standard InChI is InChI=1S/C29H32ClFN2O/c1-20-6-9-25(31)15-24(20)16-28(11-10-21-7-8-23(17-32)26(30)14-21)18-29(28)12-13-33(19-29)27(34)22-4-2-3-5-22/h6-9,14-15,22H,2-5,10-13,16,18-19H2,1H3/t28?,29-/m0/s1. The van der Waals surface area contributed by atoms with Crippen molar-refractivity contribution in [2.45, 2.75) is 64.7 Å². The van der Waals surface area contributed by atoms with Crippen LogP contribution < -0.4 is 0 Å². The average molecular weight is 479 g/mol. The van der Waals surface area contributed by atoms with Gasteiger partial charge >= 0.3 is 0 Å². The summed E-state index contributed by atoms with van der Waals surface area (Å²) in [5, 5.41) is 9.68. The first-order chi connectivity index (χ1) is 16.3. The highest BCUT2D eigenvalue weighted by Crippen LogP contribution is 2.71. The molecular weight excluding hydrogens is 447 g/mol. The van der Waals surface area contributed by atoms with Gasteiger partial charge in [-0.15, -0.1) is 0 Å². The molecule has 178 valence electrons. The van der Waals surface area contributed by atoms with Crippen molar-refractivity contribution in [3.05, 3.63) is 69.5 Å². The van der Waals surface area contributed by atoms with Gasteiger partial charge in [-0.05, 0) is 104 Å². The molecule has 0 radical (unpaired) electrons. The number of rotatable bonds is 6. The number of hydrogen-bond donors (Lipinski definition) is 0. The number of hydrogen-bond acceptors (Lipinski definition) is 2. The molecule has 34 heavy (non-hydrogen) atoms. The van der Waals surface area contributed by atoms with Gasteiger partial charge in [-0.2, -0.15) is 5.26 Å². The van der Waals surface area contributed by atoms with Crippen LogP contribution in [0.2, 0.25) is 5.02 Å². The topological polar surface area (TPSA) is 44.1 Å². The maximum absolute atomic E-state index is 14.1. The number of halogens is 2. The lowest BCUT2D eigenvalue weighted by Crippen LogP contribution is -2.34. The largest absolute Gasteiger partial charge is 0.342 e. The van der Waals surface area contributed by atoms with Crippen LogP contribution in [0.15, 0.2) is 36.4 Å². The molecule has 2 aromatic rings. The van der Waals surface area contributed by atoms with Gasteiger partial charge in [0.1, 0.15) is 11.9 Å². The van der Waals surface area contributed by atoms with Crippen molar-refractivity contribution in [1.29, 1.82) is 5.26 Å². The first-order valence-electron chi connectivity index (χ1n) is 12.6. The molecule has 1 aliphatic heterocycles. The van der Waals surface area contributed by atoms with Crippen molar-refractivity contribution in [1.82, 2.24) is 4.90 Å². The molecule has 1 saturated heterocycles. The van der Waals surface area contributed by atoms with Crippen molar-refractivity contribution < 1.29 is 9.18 Å².